The zero-order valence-corrected chi connectivity index (χ0v) is 14.7. The van der Waals surface area contributed by atoms with Crippen LogP contribution in [0.1, 0.15) is 31.2 Å². The first-order chi connectivity index (χ1) is 12.9. The van der Waals surface area contributed by atoms with Gasteiger partial charge in [-0.05, 0) is 25.7 Å². The molecule has 1 aliphatic carbocycles. The second-order valence-corrected chi connectivity index (χ2v) is 6.82. The molecule has 1 amide bonds. The molecule has 9 N–H and O–H groups in total. The van der Waals surface area contributed by atoms with E-state index in [1.165, 1.54) is 5.32 Å². The van der Waals surface area contributed by atoms with Crippen molar-refractivity contribution in [2.45, 2.75) is 49.1 Å². The van der Waals surface area contributed by atoms with Crippen LogP contribution in [-0.4, -0.2) is 71.7 Å². The molecular weight excluding hydrogens is 382 g/mol. The number of aliphatic hydroxyl groups is 5. The van der Waals surface area contributed by atoms with Gasteiger partial charge in [0.15, 0.2) is 11.5 Å². The smallest absolute Gasteiger partial charge is 0.288 e. The van der Waals surface area contributed by atoms with Crippen LogP contribution in [0.25, 0.3) is 0 Å². The summed E-state index contributed by atoms with van der Waals surface area (Å²) in [5, 5.41) is 83.1. The molecule has 1 aliphatic heterocycles. The molecule has 2 aliphatic rings. The maximum atomic E-state index is 11.7. The summed E-state index contributed by atoms with van der Waals surface area (Å²) < 4.78 is 10.5. The van der Waals surface area contributed by atoms with Crippen LogP contribution in [0.3, 0.4) is 0 Å². The summed E-state index contributed by atoms with van der Waals surface area (Å²) in [4.78, 5) is 11.7. The second-order valence-electron chi connectivity index (χ2n) is 6.82. The Morgan fingerprint density at radius 3 is 1.96 bits per heavy atom. The average molecular weight is 403 g/mol. The minimum absolute atomic E-state index is 0.435. The average Bonchev–Trinajstić information content (AvgIpc) is 3.15. The Hall–Kier alpha value is -2.51. The van der Waals surface area contributed by atoms with Gasteiger partial charge in [0.2, 0.25) is 22.8 Å². The fraction of sp³-hybridized carbons (Fsp3) is 0.562. The van der Waals surface area contributed by atoms with Crippen molar-refractivity contribution in [3.05, 3.63) is 5.56 Å². The summed E-state index contributed by atoms with van der Waals surface area (Å²) in [6.07, 6.45) is 2.37. The molecule has 0 aromatic heterocycles. The Labute approximate surface area is 157 Å². The number of nitrogens with one attached hydrogen (secondary N) is 1. The molecule has 1 atom stereocenters. The molecule has 1 unspecified atom stereocenters. The first-order valence-electron chi connectivity index (χ1n) is 8.36. The van der Waals surface area contributed by atoms with Crippen LogP contribution >= 0.6 is 0 Å². The third-order valence-corrected chi connectivity index (χ3v) is 5.10. The normalized spacial score (nSPS) is 26.3. The molecule has 2 fully saturated rings. The number of phenolic OH excluding ortho intramolecular Hbond substituents is 3. The molecule has 12 heteroatoms. The summed E-state index contributed by atoms with van der Waals surface area (Å²) in [6, 6.07) is 0. The molecule has 0 bridgehead atoms. The summed E-state index contributed by atoms with van der Waals surface area (Å²) in [5.41, 5.74) is -5.20. The van der Waals surface area contributed by atoms with Crippen LogP contribution in [0.15, 0.2) is 0 Å². The lowest BCUT2D eigenvalue weighted by Gasteiger charge is -2.37. The van der Waals surface area contributed by atoms with Crippen LogP contribution in [0, 0.1) is 0 Å². The lowest BCUT2D eigenvalue weighted by Crippen LogP contribution is -2.62. The van der Waals surface area contributed by atoms with Crippen LogP contribution in [-0.2, 0) is 10.4 Å². The Kier molecular flexibility index (Phi) is 4.52. The molecule has 28 heavy (non-hydrogen) atoms. The fourth-order valence-corrected chi connectivity index (χ4v) is 3.57. The third kappa shape index (κ3) is 2.46. The van der Waals surface area contributed by atoms with E-state index in [2.05, 4.69) is 0 Å². The van der Waals surface area contributed by atoms with E-state index in [1.54, 1.807) is 0 Å². The molecule has 0 radical (unpaired) electrons. The number of rotatable bonds is 4. The molecule has 1 aromatic rings. The van der Waals surface area contributed by atoms with Gasteiger partial charge >= 0.3 is 0 Å². The van der Waals surface area contributed by atoms with Gasteiger partial charge in [-0.3, -0.25) is 10.1 Å². The van der Waals surface area contributed by atoms with Crippen LogP contribution < -0.4 is 14.8 Å². The summed E-state index contributed by atoms with van der Waals surface area (Å²) in [7, 11) is 1.08. The summed E-state index contributed by atoms with van der Waals surface area (Å²) in [6.45, 7) is 0. The Bertz CT molecular complexity index is 816. The molecule has 1 saturated carbocycles. The zero-order chi connectivity index (χ0) is 21.1. The summed E-state index contributed by atoms with van der Waals surface area (Å²) >= 11 is 0. The molecule has 12 nitrogen and oxygen atoms in total. The Morgan fingerprint density at radius 1 is 0.929 bits per heavy atom. The van der Waals surface area contributed by atoms with Gasteiger partial charge in [0.05, 0.1) is 18.8 Å². The van der Waals surface area contributed by atoms with Crippen molar-refractivity contribution >= 4 is 5.91 Å². The van der Waals surface area contributed by atoms with E-state index < -0.39 is 63.6 Å². The van der Waals surface area contributed by atoms with E-state index >= 15 is 0 Å². The van der Waals surface area contributed by atoms with Crippen LogP contribution in [0.2, 0.25) is 0 Å². The quantitative estimate of drug-likeness (QED) is 0.149. The van der Waals surface area contributed by atoms with E-state index in [9.17, 15) is 45.6 Å². The number of ether oxygens (including phenoxy) is 2. The number of aromatic hydroxyl groups is 3. The number of hydrogen-bond donors (Lipinski definition) is 9. The largest absolute Gasteiger partial charge is 0.504 e. The second kappa shape index (κ2) is 6.25. The van der Waals surface area contributed by atoms with Crippen molar-refractivity contribution in [2.24, 2.45) is 0 Å². The van der Waals surface area contributed by atoms with Crippen molar-refractivity contribution in [3.63, 3.8) is 0 Å². The van der Waals surface area contributed by atoms with E-state index in [0.717, 1.165) is 20.0 Å². The van der Waals surface area contributed by atoms with Gasteiger partial charge < -0.3 is 50.3 Å². The highest BCUT2D eigenvalue weighted by Gasteiger charge is 2.75. The van der Waals surface area contributed by atoms with Gasteiger partial charge in [-0.1, -0.05) is 0 Å². The molecule has 3 rings (SSSR count). The monoisotopic (exact) mass is 403 g/mol. The van der Waals surface area contributed by atoms with Crippen molar-refractivity contribution in [1.82, 2.24) is 5.32 Å². The number of carbonyl (C=O) groups is 1. The van der Waals surface area contributed by atoms with Crippen LogP contribution in [0.4, 0.5) is 0 Å². The Balaban J connectivity index is 2.29. The Morgan fingerprint density at radius 2 is 1.50 bits per heavy atom. The fourth-order valence-electron chi connectivity index (χ4n) is 3.57. The van der Waals surface area contributed by atoms with Crippen LogP contribution in [0.5, 0.6) is 28.7 Å². The highest BCUT2D eigenvalue weighted by molar-refractivity contribution is 5.90. The van der Waals surface area contributed by atoms with Gasteiger partial charge in [-0.25, -0.2) is 0 Å². The van der Waals surface area contributed by atoms with E-state index in [1.807, 2.05) is 0 Å². The number of methoxy groups -OCH3 is 1. The third-order valence-electron chi connectivity index (χ3n) is 5.10. The summed E-state index contributed by atoms with van der Waals surface area (Å²) in [5.74, 6) is -14.4. The highest BCUT2D eigenvalue weighted by atomic mass is 16.6. The topological polar surface area (TPSA) is 209 Å². The number of amides is 1. The molecule has 1 aromatic carbocycles. The van der Waals surface area contributed by atoms with E-state index in [-0.39, 0.29) is 0 Å². The SMILES string of the molecule is COc1c(O)c(O)c(C2(O)C(O)(O)NC(=O)C2(O)O)c(O)c1OC1CCCC1. The van der Waals surface area contributed by atoms with Crippen molar-refractivity contribution in [2.75, 3.05) is 7.11 Å². The van der Waals surface area contributed by atoms with E-state index in [4.69, 9.17) is 9.47 Å². The standard InChI is InChI=1S/C16H21NO11/c1-27-11-10(20)8(18)7(9(19)12(11)28-6-4-2-3-5-6)14(22)15(23,24)13(21)17-16(14,25)26/h6,18-20,22-26H,2-5H2,1H3,(H,17,21). The van der Waals surface area contributed by atoms with Gasteiger partial charge in [-0.15, -0.1) is 0 Å². The first-order valence-corrected chi connectivity index (χ1v) is 8.36. The molecule has 156 valence electrons. The first kappa shape index (κ1) is 20.2. The predicted octanol–water partition coefficient (Wildman–Crippen LogP) is -2.23. The predicted molar refractivity (Wildman–Crippen MR) is 87.2 cm³/mol. The zero-order valence-electron chi connectivity index (χ0n) is 14.7. The number of carbonyl (C=O) groups excluding carboxylic acids is 1. The van der Waals surface area contributed by atoms with Gasteiger partial charge in [-0.2, -0.15) is 0 Å². The molecule has 1 heterocycles. The van der Waals surface area contributed by atoms with Gasteiger partial charge in [0.1, 0.15) is 0 Å². The van der Waals surface area contributed by atoms with Gasteiger partial charge in [0, 0.05) is 0 Å². The van der Waals surface area contributed by atoms with E-state index in [0.29, 0.717) is 12.8 Å². The molecule has 1 saturated heterocycles. The minimum atomic E-state index is -3.92. The minimum Gasteiger partial charge on any atom is -0.504 e. The number of hydrogen-bond acceptors (Lipinski definition) is 11. The van der Waals surface area contributed by atoms with Gasteiger partial charge in [0.25, 0.3) is 17.6 Å². The van der Waals surface area contributed by atoms with Crippen molar-refractivity contribution in [1.29, 1.82) is 0 Å². The maximum Gasteiger partial charge on any atom is 0.288 e. The lowest BCUT2D eigenvalue weighted by molar-refractivity contribution is -0.349. The molecule has 0 spiro atoms. The van der Waals surface area contributed by atoms with Crippen molar-refractivity contribution < 1.29 is 55.1 Å². The number of phenols is 3. The maximum absolute atomic E-state index is 11.7. The highest BCUT2D eigenvalue weighted by Crippen LogP contribution is 2.59. The van der Waals surface area contributed by atoms with Crippen molar-refractivity contribution in [3.8, 4) is 28.7 Å². The lowest BCUT2D eigenvalue weighted by atomic mass is 9.82. The number of benzene rings is 1. The molecular formula is C16H21NO11.